The zero-order valence-corrected chi connectivity index (χ0v) is 43.9. The molecular weight excluding hydrogens is 893 g/mol. The first-order chi connectivity index (χ1) is 33.8. The summed E-state index contributed by atoms with van der Waals surface area (Å²) in [5, 5.41) is 4.56. The normalized spacial score (nSPS) is 16.8. The first-order valence-corrected chi connectivity index (χ1v) is 28.4. The monoisotopic (exact) mass is 958 g/mol. The van der Waals surface area contributed by atoms with Crippen molar-refractivity contribution in [3.63, 3.8) is 0 Å². The lowest BCUT2D eigenvalue weighted by Gasteiger charge is -2.47. The number of benzene rings is 6. The van der Waals surface area contributed by atoms with E-state index in [4.69, 9.17) is 28.8 Å². The number of rotatable bonds is 15. The molecule has 2 aromatic heterocycles. The van der Waals surface area contributed by atoms with E-state index in [2.05, 4.69) is 210 Å². The molecule has 0 unspecified atom stereocenters. The molecule has 1 aliphatic carbocycles. The van der Waals surface area contributed by atoms with Gasteiger partial charge in [-0.3, -0.25) is 0 Å². The highest BCUT2D eigenvalue weighted by atomic mass is 28.4. The van der Waals surface area contributed by atoms with Gasteiger partial charge in [-0.05, 0) is 54.3 Å². The van der Waals surface area contributed by atoms with Gasteiger partial charge in [0.15, 0.2) is 0 Å². The van der Waals surface area contributed by atoms with E-state index in [0.29, 0.717) is 25.1 Å². The Kier molecular flexibility index (Phi) is 14.1. The molecule has 6 aromatic carbocycles. The minimum absolute atomic E-state index is 0.00936. The smallest absolute Gasteiger partial charge is 0.261 e. The number of hydrogen-bond donors (Lipinski definition) is 0. The Morgan fingerprint density at radius 2 is 0.914 bits per heavy atom. The van der Waals surface area contributed by atoms with E-state index in [1.165, 1.54) is 20.7 Å². The van der Waals surface area contributed by atoms with Gasteiger partial charge >= 0.3 is 0 Å². The van der Waals surface area contributed by atoms with Crippen molar-refractivity contribution >= 4 is 61.7 Å². The fraction of sp³-hybridized carbons (Fsp3) is 0.267. The van der Waals surface area contributed by atoms with Crippen LogP contribution in [-0.4, -0.2) is 61.4 Å². The summed E-state index contributed by atoms with van der Waals surface area (Å²) in [5.41, 5.74) is 5.17. The van der Waals surface area contributed by atoms with Gasteiger partial charge in [0.2, 0.25) is 11.9 Å². The van der Waals surface area contributed by atoms with Gasteiger partial charge in [-0.25, -0.2) is 20.0 Å². The lowest BCUT2D eigenvalue weighted by Crippen LogP contribution is -2.67. The first-order valence-electron chi connectivity index (χ1n) is 24.6. The van der Waals surface area contributed by atoms with Crippen LogP contribution >= 0.6 is 0 Å². The van der Waals surface area contributed by atoms with Crippen LogP contribution in [0.1, 0.15) is 75.7 Å². The molecule has 0 saturated carbocycles. The van der Waals surface area contributed by atoms with Crippen LogP contribution in [0.25, 0.3) is 0 Å². The highest BCUT2D eigenvalue weighted by molar-refractivity contribution is 7.00. The Labute approximate surface area is 417 Å². The van der Waals surface area contributed by atoms with Gasteiger partial charge in [-0.2, -0.15) is 0 Å². The van der Waals surface area contributed by atoms with Gasteiger partial charge < -0.3 is 18.0 Å². The average molecular weight is 959 g/mol. The summed E-state index contributed by atoms with van der Waals surface area (Å²) in [6.45, 7) is 15.1. The molecule has 0 amide bonds. The third-order valence-corrected chi connectivity index (χ3v) is 24.4. The van der Waals surface area contributed by atoms with E-state index >= 15 is 0 Å². The van der Waals surface area contributed by atoms with Crippen LogP contribution in [0.15, 0.2) is 198 Å². The van der Waals surface area contributed by atoms with E-state index < -0.39 is 16.6 Å². The maximum Gasteiger partial charge on any atom is 0.261 e. The van der Waals surface area contributed by atoms with Crippen molar-refractivity contribution in [2.45, 2.75) is 64.0 Å². The molecule has 0 radical (unpaired) electrons. The van der Waals surface area contributed by atoms with Gasteiger partial charge in [0, 0.05) is 57.0 Å². The molecule has 8 nitrogen and oxygen atoms in total. The molecule has 9 rings (SSSR count). The largest absolute Gasteiger partial charge is 0.407 e. The molecule has 0 bridgehead atoms. The Morgan fingerprint density at radius 3 is 1.33 bits per heavy atom. The molecule has 1 aliphatic rings. The van der Waals surface area contributed by atoms with Crippen molar-refractivity contribution in [1.82, 2.24) is 19.1 Å². The van der Waals surface area contributed by atoms with Crippen LogP contribution in [0.5, 0.6) is 0 Å². The second kappa shape index (κ2) is 20.4. The highest BCUT2D eigenvalue weighted by Gasteiger charge is 2.54. The molecular formula is C60H66N6O2Si2. The summed E-state index contributed by atoms with van der Waals surface area (Å²) in [6.07, 6.45) is 6.53. The molecule has 0 aliphatic heterocycles. The van der Waals surface area contributed by atoms with Crippen molar-refractivity contribution in [3.05, 3.63) is 216 Å². The van der Waals surface area contributed by atoms with E-state index in [-0.39, 0.29) is 27.8 Å². The standard InChI is InChI=1S/C60H66N6O2Si2/c1-59(2,3)69(48-31-19-11-20-32-48,49-33-21-12-22-34-49)67-43-47-39-53-56(64-58(65(53)7)62-41-46-29-17-10-18-30-46)55(54-42-63-57(66(54)8)61-40-45-27-15-9-16-28-45)52(47)44-68-70(60(4,5)6,50-35-23-13-24-36-50)51-37-25-14-26-38-51/h9-38,40-42,47,52,55H,39,43-44H2,1-8H3/b61-40+,62-41+/t47-,52-,55-/m1/s1. The van der Waals surface area contributed by atoms with Crippen molar-refractivity contribution in [3.8, 4) is 0 Å². The van der Waals surface area contributed by atoms with Crippen molar-refractivity contribution < 1.29 is 8.85 Å². The number of imidazole rings is 2. The third kappa shape index (κ3) is 9.41. The topological polar surface area (TPSA) is 78.8 Å². The Morgan fingerprint density at radius 1 is 0.529 bits per heavy atom. The van der Waals surface area contributed by atoms with Crippen LogP contribution < -0.4 is 20.7 Å². The molecule has 356 valence electrons. The zero-order chi connectivity index (χ0) is 48.9. The number of aromatic nitrogens is 4. The summed E-state index contributed by atoms with van der Waals surface area (Å²) in [7, 11) is -1.80. The number of nitrogens with zero attached hydrogens (tertiary/aromatic N) is 6. The van der Waals surface area contributed by atoms with E-state index in [1.54, 1.807) is 0 Å². The SMILES string of the molecule is Cn1c([C@@H]2c3nc(/N=C/c4ccccc4)n(C)c3C[C@H](CO[Si](c3ccccc3)(c3ccccc3)C(C)(C)C)[C@H]2CO[Si](c2ccccc2)(c2ccccc2)C(C)(C)C)cnc1/N=C/c1ccccc1. The fourth-order valence-electron chi connectivity index (χ4n) is 10.9. The summed E-state index contributed by atoms with van der Waals surface area (Å²) in [6, 6.07) is 64.3. The lowest BCUT2D eigenvalue weighted by molar-refractivity contribution is 0.108. The number of aliphatic imine (C=N–C) groups is 2. The molecule has 2 heterocycles. The van der Waals surface area contributed by atoms with Crippen molar-refractivity contribution in [1.29, 1.82) is 0 Å². The van der Waals surface area contributed by atoms with Gasteiger partial charge in [0.1, 0.15) is 0 Å². The Hall–Kier alpha value is -6.57. The summed E-state index contributed by atoms with van der Waals surface area (Å²) >= 11 is 0. The molecule has 0 fully saturated rings. The molecule has 0 spiro atoms. The Balaban J connectivity index is 1.24. The van der Waals surface area contributed by atoms with Gasteiger partial charge in [-0.15, -0.1) is 0 Å². The molecule has 10 heteroatoms. The Bertz CT molecular complexity index is 2940. The zero-order valence-electron chi connectivity index (χ0n) is 41.9. The molecule has 3 atom stereocenters. The maximum atomic E-state index is 8.04. The average Bonchev–Trinajstić information content (AvgIpc) is 3.90. The van der Waals surface area contributed by atoms with Gasteiger partial charge in [0.05, 0.1) is 17.8 Å². The van der Waals surface area contributed by atoms with Crippen molar-refractivity contribution in [2.24, 2.45) is 35.9 Å². The van der Waals surface area contributed by atoms with Crippen LogP contribution in [0.2, 0.25) is 10.1 Å². The fourth-order valence-corrected chi connectivity index (χ4v) is 20.2. The lowest BCUT2D eigenvalue weighted by atomic mass is 9.71. The van der Waals surface area contributed by atoms with Crippen LogP contribution in [0, 0.1) is 11.8 Å². The van der Waals surface area contributed by atoms with E-state index in [1.807, 2.05) is 55.0 Å². The molecule has 0 N–H and O–H groups in total. The summed E-state index contributed by atoms with van der Waals surface area (Å²) in [5.74, 6) is 0.916. The minimum atomic E-state index is -3.02. The van der Waals surface area contributed by atoms with Gasteiger partial charge in [0.25, 0.3) is 16.6 Å². The second-order valence-electron chi connectivity index (χ2n) is 20.7. The first kappa shape index (κ1) is 48.5. The van der Waals surface area contributed by atoms with Crippen LogP contribution in [-0.2, 0) is 29.4 Å². The maximum absolute atomic E-state index is 8.04. The highest BCUT2D eigenvalue weighted by Crippen LogP contribution is 2.48. The molecule has 8 aromatic rings. The minimum Gasteiger partial charge on any atom is -0.407 e. The predicted molar refractivity (Wildman–Crippen MR) is 293 cm³/mol. The van der Waals surface area contributed by atoms with Crippen LogP contribution in [0.4, 0.5) is 11.9 Å². The van der Waals surface area contributed by atoms with Crippen molar-refractivity contribution in [2.75, 3.05) is 13.2 Å². The quantitative estimate of drug-likeness (QED) is 0.0757. The third-order valence-electron chi connectivity index (χ3n) is 14.4. The number of hydrogen-bond acceptors (Lipinski definition) is 6. The van der Waals surface area contributed by atoms with Gasteiger partial charge in [-0.1, -0.05) is 224 Å². The van der Waals surface area contributed by atoms with E-state index in [0.717, 1.165) is 34.6 Å². The molecule has 0 saturated heterocycles. The van der Waals surface area contributed by atoms with Crippen LogP contribution in [0.3, 0.4) is 0 Å². The molecule has 70 heavy (non-hydrogen) atoms. The van der Waals surface area contributed by atoms with E-state index in [9.17, 15) is 0 Å². The predicted octanol–water partition coefficient (Wildman–Crippen LogP) is 10.7. The number of fused-ring (bicyclic) bond motifs is 1. The second-order valence-corrected chi connectivity index (χ2v) is 29.3. The summed E-state index contributed by atoms with van der Waals surface area (Å²) < 4.78 is 20.4. The summed E-state index contributed by atoms with van der Waals surface area (Å²) in [4.78, 5) is 20.6.